The molecule has 1 amide bonds. The molecular formula is C18H23N5O2. The van der Waals surface area contributed by atoms with Gasteiger partial charge in [-0.2, -0.15) is 0 Å². The van der Waals surface area contributed by atoms with Crippen molar-refractivity contribution in [2.24, 2.45) is 5.84 Å². The van der Waals surface area contributed by atoms with E-state index >= 15 is 0 Å². The number of anilines is 1. The summed E-state index contributed by atoms with van der Waals surface area (Å²) in [6, 6.07) is 8.01. The third-order valence-corrected chi connectivity index (χ3v) is 4.24. The number of ether oxygens (including phenoxy) is 1. The van der Waals surface area contributed by atoms with Gasteiger partial charge in [-0.15, -0.1) is 0 Å². The summed E-state index contributed by atoms with van der Waals surface area (Å²) in [6.07, 6.45) is 5.89. The highest BCUT2D eigenvalue weighted by Crippen LogP contribution is 2.12. The molecule has 0 bridgehead atoms. The minimum absolute atomic E-state index is 0.190. The molecule has 2 aromatic rings. The van der Waals surface area contributed by atoms with E-state index in [-0.39, 0.29) is 5.91 Å². The standard InChI is InChI=1S/C18H23N5O2/c19-22-17(24)11-15-4-1-14(2-5-15)3-6-16-12-20-18(21-13-16)23-7-9-25-10-8-23/h1-2,4-5,12-13H,3,6-11,19H2,(H,22,24). The molecule has 0 atom stereocenters. The third kappa shape index (κ3) is 4.98. The van der Waals surface area contributed by atoms with Crippen LogP contribution in [0.4, 0.5) is 5.95 Å². The Bertz CT molecular complexity index is 682. The van der Waals surface area contributed by atoms with Crippen molar-refractivity contribution in [3.63, 3.8) is 0 Å². The number of carbonyl (C=O) groups excluding carboxylic acids is 1. The lowest BCUT2D eigenvalue weighted by Crippen LogP contribution is -2.37. The Morgan fingerprint density at radius 3 is 2.28 bits per heavy atom. The van der Waals surface area contributed by atoms with Crippen LogP contribution in [0.5, 0.6) is 0 Å². The van der Waals surface area contributed by atoms with Crippen LogP contribution in [0, 0.1) is 0 Å². The maximum atomic E-state index is 11.3. The first-order valence-electron chi connectivity index (χ1n) is 8.45. The second-order valence-corrected chi connectivity index (χ2v) is 6.05. The number of nitrogens with one attached hydrogen (secondary N) is 1. The summed E-state index contributed by atoms with van der Waals surface area (Å²) in [7, 11) is 0. The third-order valence-electron chi connectivity index (χ3n) is 4.24. The Labute approximate surface area is 147 Å². The van der Waals surface area contributed by atoms with Crippen LogP contribution in [-0.2, 0) is 28.8 Å². The second kappa shape index (κ2) is 8.55. The number of morpholine rings is 1. The summed E-state index contributed by atoms with van der Waals surface area (Å²) in [5.74, 6) is 5.68. The number of hydrazine groups is 1. The number of carbonyl (C=O) groups is 1. The van der Waals surface area contributed by atoms with Crippen molar-refractivity contribution in [2.45, 2.75) is 19.3 Å². The fraction of sp³-hybridized carbons (Fsp3) is 0.389. The number of rotatable bonds is 6. The average molecular weight is 341 g/mol. The molecule has 1 aliphatic heterocycles. The topological polar surface area (TPSA) is 93.4 Å². The SMILES string of the molecule is NNC(=O)Cc1ccc(CCc2cnc(N3CCOCC3)nc2)cc1. The second-order valence-electron chi connectivity index (χ2n) is 6.05. The van der Waals surface area contributed by atoms with Gasteiger partial charge in [0.1, 0.15) is 0 Å². The molecule has 7 heteroatoms. The van der Waals surface area contributed by atoms with Gasteiger partial charge in [0, 0.05) is 25.5 Å². The summed E-state index contributed by atoms with van der Waals surface area (Å²) < 4.78 is 5.34. The van der Waals surface area contributed by atoms with E-state index < -0.39 is 0 Å². The van der Waals surface area contributed by atoms with Crippen molar-refractivity contribution in [1.82, 2.24) is 15.4 Å². The first-order valence-corrected chi connectivity index (χ1v) is 8.45. The van der Waals surface area contributed by atoms with Crippen LogP contribution < -0.4 is 16.2 Å². The number of nitrogens with zero attached hydrogens (tertiary/aromatic N) is 3. The molecule has 0 unspecified atom stereocenters. The van der Waals surface area contributed by atoms with E-state index in [1.54, 1.807) is 0 Å². The zero-order valence-corrected chi connectivity index (χ0v) is 14.1. The van der Waals surface area contributed by atoms with Crippen LogP contribution >= 0.6 is 0 Å². The van der Waals surface area contributed by atoms with Gasteiger partial charge in [-0.25, -0.2) is 15.8 Å². The van der Waals surface area contributed by atoms with Gasteiger partial charge in [-0.1, -0.05) is 24.3 Å². The van der Waals surface area contributed by atoms with Gasteiger partial charge in [0.05, 0.1) is 19.6 Å². The summed E-state index contributed by atoms with van der Waals surface area (Å²) >= 11 is 0. The highest BCUT2D eigenvalue weighted by Gasteiger charge is 2.13. The normalized spacial score (nSPS) is 14.4. The molecule has 1 fully saturated rings. The summed E-state index contributed by atoms with van der Waals surface area (Å²) in [5.41, 5.74) is 5.42. The monoisotopic (exact) mass is 341 g/mol. The Morgan fingerprint density at radius 2 is 1.64 bits per heavy atom. The van der Waals surface area contributed by atoms with E-state index in [1.807, 2.05) is 36.7 Å². The van der Waals surface area contributed by atoms with E-state index in [0.717, 1.165) is 56.2 Å². The number of nitrogens with two attached hydrogens (primary N) is 1. The smallest absolute Gasteiger partial charge is 0.238 e. The van der Waals surface area contributed by atoms with E-state index in [1.165, 1.54) is 5.56 Å². The Kier molecular flexibility index (Phi) is 5.92. The first-order chi connectivity index (χ1) is 12.2. The highest BCUT2D eigenvalue weighted by molar-refractivity contribution is 5.77. The van der Waals surface area contributed by atoms with E-state index in [0.29, 0.717) is 6.42 Å². The highest BCUT2D eigenvalue weighted by atomic mass is 16.5. The molecule has 2 heterocycles. The van der Waals surface area contributed by atoms with E-state index in [9.17, 15) is 4.79 Å². The average Bonchev–Trinajstić information content (AvgIpc) is 2.68. The Morgan fingerprint density at radius 1 is 1.04 bits per heavy atom. The van der Waals surface area contributed by atoms with Gasteiger partial charge >= 0.3 is 0 Å². The van der Waals surface area contributed by atoms with Crippen molar-refractivity contribution in [2.75, 3.05) is 31.2 Å². The Balaban J connectivity index is 1.52. The number of benzene rings is 1. The number of amides is 1. The van der Waals surface area contributed by atoms with Crippen LogP contribution in [0.2, 0.25) is 0 Å². The summed E-state index contributed by atoms with van der Waals surface area (Å²) in [5, 5.41) is 0. The zero-order chi connectivity index (χ0) is 17.5. The van der Waals surface area contributed by atoms with Crippen LogP contribution in [-0.4, -0.2) is 42.2 Å². The molecule has 1 saturated heterocycles. The van der Waals surface area contributed by atoms with Crippen LogP contribution in [0.3, 0.4) is 0 Å². The maximum Gasteiger partial charge on any atom is 0.238 e. The predicted molar refractivity (Wildman–Crippen MR) is 94.9 cm³/mol. The summed E-state index contributed by atoms with van der Waals surface area (Å²) in [6.45, 7) is 3.14. The molecule has 1 aromatic heterocycles. The quantitative estimate of drug-likeness (QED) is 0.455. The molecule has 3 N–H and O–H groups in total. The fourth-order valence-corrected chi connectivity index (χ4v) is 2.75. The molecule has 1 aliphatic rings. The molecule has 1 aromatic carbocycles. The number of aryl methyl sites for hydroxylation is 2. The molecular weight excluding hydrogens is 318 g/mol. The van der Waals surface area contributed by atoms with E-state index in [4.69, 9.17) is 10.6 Å². The van der Waals surface area contributed by atoms with Crippen molar-refractivity contribution >= 4 is 11.9 Å². The van der Waals surface area contributed by atoms with Gasteiger partial charge < -0.3 is 9.64 Å². The van der Waals surface area contributed by atoms with Crippen molar-refractivity contribution in [1.29, 1.82) is 0 Å². The first kappa shape index (κ1) is 17.3. The predicted octanol–water partition coefficient (Wildman–Crippen LogP) is 0.631. The van der Waals surface area contributed by atoms with Crippen LogP contribution in [0.15, 0.2) is 36.7 Å². The molecule has 0 spiro atoms. The van der Waals surface area contributed by atoms with Crippen LogP contribution in [0.25, 0.3) is 0 Å². The largest absolute Gasteiger partial charge is 0.378 e. The van der Waals surface area contributed by atoms with Gasteiger partial charge in [0.15, 0.2) is 0 Å². The number of aromatic nitrogens is 2. The van der Waals surface area contributed by atoms with Crippen LogP contribution in [0.1, 0.15) is 16.7 Å². The minimum atomic E-state index is -0.190. The maximum absolute atomic E-state index is 11.3. The molecule has 25 heavy (non-hydrogen) atoms. The molecule has 0 aliphatic carbocycles. The summed E-state index contributed by atoms with van der Waals surface area (Å²) in [4.78, 5) is 22.3. The van der Waals surface area contributed by atoms with E-state index in [2.05, 4.69) is 20.3 Å². The fourth-order valence-electron chi connectivity index (χ4n) is 2.75. The zero-order valence-electron chi connectivity index (χ0n) is 14.1. The van der Waals surface area contributed by atoms with Gasteiger partial charge in [-0.05, 0) is 29.5 Å². The van der Waals surface area contributed by atoms with Crippen molar-refractivity contribution in [3.05, 3.63) is 53.3 Å². The lowest BCUT2D eigenvalue weighted by molar-refractivity contribution is -0.120. The lowest BCUT2D eigenvalue weighted by Gasteiger charge is -2.26. The lowest BCUT2D eigenvalue weighted by atomic mass is 10.0. The molecule has 0 saturated carbocycles. The van der Waals surface area contributed by atoms with Crippen molar-refractivity contribution in [3.8, 4) is 0 Å². The number of hydrogen-bond donors (Lipinski definition) is 2. The molecule has 132 valence electrons. The molecule has 7 nitrogen and oxygen atoms in total. The minimum Gasteiger partial charge on any atom is -0.378 e. The Hall–Kier alpha value is -2.51. The number of hydrogen-bond acceptors (Lipinski definition) is 6. The van der Waals surface area contributed by atoms with Gasteiger partial charge in [-0.3, -0.25) is 10.2 Å². The van der Waals surface area contributed by atoms with Gasteiger partial charge in [0.25, 0.3) is 0 Å². The molecule has 3 rings (SSSR count). The van der Waals surface area contributed by atoms with Gasteiger partial charge in [0.2, 0.25) is 11.9 Å². The van der Waals surface area contributed by atoms with Crippen molar-refractivity contribution < 1.29 is 9.53 Å². The molecule has 0 radical (unpaired) electrons.